The first-order valence-corrected chi connectivity index (χ1v) is 17.4. The zero-order valence-corrected chi connectivity index (χ0v) is 28.8. The molecule has 2 aromatic carbocycles. The Hall–Kier alpha value is -3.03. The molecular weight excluding hydrogens is 579 g/mol. The Morgan fingerprint density at radius 1 is 1.20 bits per heavy atom. The Bertz CT molecular complexity index is 1430. The smallest absolute Gasteiger partial charge is 0.242 e. The average molecular weight is 633 g/mol. The number of benzene rings is 2. The quantitative estimate of drug-likeness (QED) is 0.155. The van der Waals surface area contributed by atoms with E-state index in [9.17, 15) is 4.79 Å². The van der Waals surface area contributed by atoms with Crippen molar-refractivity contribution in [3.8, 4) is 0 Å². The Kier molecular flexibility index (Phi) is 11.7. The van der Waals surface area contributed by atoms with E-state index in [1.54, 1.807) is 20.2 Å². The predicted molar refractivity (Wildman–Crippen MR) is 182 cm³/mol. The Labute approximate surface area is 275 Å². The average Bonchev–Trinajstić information content (AvgIpc) is 3.67. The van der Waals surface area contributed by atoms with Gasteiger partial charge in [-0.05, 0) is 129 Å². The van der Waals surface area contributed by atoms with Crippen LogP contribution in [0.2, 0.25) is 0 Å². The zero-order valence-electron chi connectivity index (χ0n) is 28.8. The molecule has 2 aliphatic heterocycles. The number of carbonyl (C=O) groups is 1. The van der Waals surface area contributed by atoms with Gasteiger partial charge in [0, 0.05) is 51.7 Å². The molecule has 0 spiro atoms. The second-order valence-corrected chi connectivity index (χ2v) is 13.7. The van der Waals surface area contributed by atoms with Gasteiger partial charge in [-0.1, -0.05) is 26.3 Å². The lowest BCUT2D eigenvalue weighted by molar-refractivity contribution is -0.130. The van der Waals surface area contributed by atoms with Gasteiger partial charge < -0.3 is 14.2 Å². The largest absolute Gasteiger partial charge is 0.490 e. The number of aryl methyl sites for hydroxylation is 2. The van der Waals surface area contributed by atoms with E-state index in [0.29, 0.717) is 18.8 Å². The second kappa shape index (κ2) is 15.7. The van der Waals surface area contributed by atoms with Crippen LogP contribution in [0.25, 0.3) is 0 Å². The van der Waals surface area contributed by atoms with Gasteiger partial charge in [-0.2, -0.15) is 5.10 Å². The Morgan fingerprint density at radius 3 is 2.70 bits per heavy atom. The third-order valence-corrected chi connectivity index (χ3v) is 10.1. The van der Waals surface area contributed by atoms with Crippen molar-refractivity contribution in [1.29, 1.82) is 0 Å². The fourth-order valence-corrected chi connectivity index (χ4v) is 7.52. The first-order valence-electron chi connectivity index (χ1n) is 17.4. The van der Waals surface area contributed by atoms with Crippen molar-refractivity contribution in [3.05, 3.63) is 80.9 Å². The molecule has 0 saturated carbocycles. The van der Waals surface area contributed by atoms with E-state index in [0.717, 1.165) is 99.2 Å². The summed E-state index contributed by atoms with van der Waals surface area (Å²) in [5.41, 5.74) is 8.67. The molecule has 250 valence electrons. The van der Waals surface area contributed by atoms with Gasteiger partial charge in [0.15, 0.2) is 0 Å². The molecule has 0 radical (unpaired) electrons. The van der Waals surface area contributed by atoms with Crippen LogP contribution in [0.1, 0.15) is 117 Å². The number of halogens is 1. The Balaban J connectivity index is 1.30. The first kappa shape index (κ1) is 34.3. The van der Waals surface area contributed by atoms with Crippen LogP contribution in [-0.2, 0) is 31.8 Å². The molecule has 4 atom stereocenters. The molecule has 4 unspecified atom stereocenters. The van der Waals surface area contributed by atoms with Crippen LogP contribution in [-0.4, -0.2) is 50.1 Å². The van der Waals surface area contributed by atoms with E-state index >= 15 is 4.39 Å². The van der Waals surface area contributed by atoms with Gasteiger partial charge in [-0.25, -0.2) is 9.40 Å². The number of allylic oxidation sites excluding steroid dienone is 2. The van der Waals surface area contributed by atoms with Crippen LogP contribution in [0, 0.1) is 31.5 Å². The molecule has 5 rings (SSSR count). The Morgan fingerprint density at radius 2 is 1.98 bits per heavy atom. The summed E-state index contributed by atoms with van der Waals surface area (Å²) in [4.78, 5) is 11.9. The maximum absolute atomic E-state index is 15.6. The lowest BCUT2D eigenvalue weighted by atomic mass is 9.89. The highest BCUT2D eigenvalue weighted by Crippen LogP contribution is 2.42. The SMILES string of the molecule is CCCC=C(OC1CCc2c(Cc3c(C)cc(C4=NN(C)C(=O)CC4)cc3C)ccc(F)c21)C(C)CC1CC(CCCOC)CO1. The number of hydrogen-bond acceptors (Lipinski definition) is 5. The van der Waals surface area contributed by atoms with E-state index < -0.39 is 0 Å². The van der Waals surface area contributed by atoms with Gasteiger partial charge in [0.25, 0.3) is 0 Å². The van der Waals surface area contributed by atoms with Crippen LogP contribution >= 0.6 is 0 Å². The van der Waals surface area contributed by atoms with Crippen molar-refractivity contribution < 1.29 is 23.4 Å². The van der Waals surface area contributed by atoms with Gasteiger partial charge in [-0.3, -0.25) is 4.79 Å². The van der Waals surface area contributed by atoms with Crippen LogP contribution in [0.3, 0.4) is 0 Å². The first-order chi connectivity index (χ1) is 22.2. The molecular formula is C39H53FN2O4. The van der Waals surface area contributed by atoms with E-state index in [2.05, 4.69) is 51.0 Å². The molecule has 0 bridgehead atoms. The van der Waals surface area contributed by atoms with E-state index in [-0.39, 0.29) is 29.9 Å². The third-order valence-electron chi connectivity index (χ3n) is 10.1. The van der Waals surface area contributed by atoms with Gasteiger partial charge in [0.2, 0.25) is 5.91 Å². The lowest BCUT2D eigenvalue weighted by Crippen LogP contribution is -2.28. The molecule has 0 N–H and O–H groups in total. The summed E-state index contributed by atoms with van der Waals surface area (Å²) in [7, 11) is 3.48. The van der Waals surface area contributed by atoms with Gasteiger partial charge in [0.1, 0.15) is 11.9 Å². The molecule has 1 aliphatic carbocycles. The summed E-state index contributed by atoms with van der Waals surface area (Å²) < 4.78 is 33.8. The van der Waals surface area contributed by atoms with Crippen LogP contribution in [0.5, 0.6) is 0 Å². The molecule has 2 aromatic rings. The maximum Gasteiger partial charge on any atom is 0.242 e. The number of nitrogens with zero attached hydrogens (tertiary/aromatic N) is 2. The van der Waals surface area contributed by atoms with Crippen LogP contribution < -0.4 is 0 Å². The van der Waals surface area contributed by atoms with Crippen molar-refractivity contribution in [2.75, 3.05) is 27.4 Å². The van der Waals surface area contributed by atoms with Crippen molar-refractivity contribution in [2.24, 2.45) is 16.9 Å². The summed E-state index contributed by atoms with van der Waals surface area (Å²) in [5.74, 6) is 1.67. The highest BCUT2D eigenvalue weighted by atomic mass is 19.1. The molecule has 0 aromatic heterocycles. The summed E-state index contributed by atoms with van der Waals surface area (Å²) in [6.07, 6.45) is 11.9. The number of ether oxygens (including phenoxy) is 3. The number of hydrogen-bond donors (Lipinski definition) is 0. The predicted octanol–water partition coefficient (Wildman–Crippen LogP) is 8.54. The number of unbranched alkanes of at least 4 members (excludes halogenated alkanes) is 1. The van der Waals surface area contributed by atoms with E-state index in [1.807, 2.05) is 6.07 Å². The molecule has 46 heavy (non-hydrogen) atoms. The van der Waals surface area contributed by atoms with Crippen molar-refractivity contribution in [2.45, 2.75) is 111 Å². The normalized spacial score (nSPS) is 22.3. The number of methoxy groups -OCH3 is 1. The van der Waals surface area contributed by atoms with Gasteiger partial charge in [0.05, 0.1) is 17.6 Å². The summed E-state index contributed by atoms with van der Waals surface area (Å²) in [6, 6.07) is 7.96. The number of amides is 1. The number of fused-ring (bicyclic) bond motifs is 1. The van der Waals surface area contributed by atoms with Crippen LogP contribution in [0.4, 0.5) is 4.39 Å². The van der Waals surface area contributed by atoms with Gasteiger partial charge in [-0.15, -0.1) is 0 Å². The number of rotatable bonds is 14. The van der Waals surface area contributed by atoms with Gasteiger partial charge >= 0.3 is 0 Å². The monoisotopic (exact) mass is 632 g/mol. The molecule has 1 fully saturated rings. The minimum absolute atomic E-state index is 0.0501. The minimum atomic E-state index is -0.277. The minimum Gasteiger partial charge on any atom is -0.490 e. The van der Waals surface area contributed by atoms with E-state index in [1.165, 1.54) is 27.3 Å². The summed E-state index contributed by atoms with van der Waals surface area (Å²) in [6.45, 7) is 10.3. The third kappa shape index (κ3) is 8.09. The fraction of sp³-hybridized carbons (Fsp3) is 0.590. The van der Waals surface area contributed by atoms with Crippen LogP contribution in [0.15, 0.2) is 41.2 Å². The molecule has 6 nitrogen and oxygen atoms in total. The highest BCUT2D eigenvalue weighted by molar-refractivity contribution is 6.04. The summed E-state index contributed by atoms with van der Waals surface area (Å²) in [5, 5.41) is 5.97. The molecule has 2 heterocycles. The van der Waals surface area contributed by atoms with Crippen molar-refractivity contribution in [3.63, 3.8) is 0 Å². The van der Waals surface area contributed by atoms with Crippen molar-refractivity contribution in [1.82, 2.24) is 5.01 Å². The molecule has 1 saturated heterocycles. The lowest BCUT2D eigenvalue weighted by Gasteiger charge is -2.25. The number of carbonyl (C=O) groups excluding carboxylic acids is 1. The summed E-state index contributed by atoms with van der Waals surface area (Å²) >= 11 is 0. The standard InChI is InChI=1S/C39H53FN2O4/c1-7-8-11-36(27(4)21-31-22-28(24-45-31)10-9-18-44-6)46-37-16-13-32-29(12-14-34(40)39(32)37)23-33-25(2)19-30(20-26(33)3)35-15-17-38(43)42(5)41-35/h11-12,14,19-20,27-28,31,37H,7-10,13,15-18,21-24H2,1-6H3. The second-order valence-electron chi connectivity index (χ2n) is 13.7. The highest BCUT2D eigenvalue weighted by Gasteiger charge is 2.33. The molecule has 7 heteroatoms. The fourth-order valence-electron chi connectivity index (χ4n) is 7.52. The zero-order chi connectivity index (χ0) is 32.8. The van der Waals surface area contributed by atoms with E-state index in [4.69, 9.17) is 14.2 Å². The molecule has 3 aliphatic rings. The van der Waals surface area contributed by atoms with Crippen molar-refractivity contribution >= 4 is 11.6 Å². The number of hydrazone groups is 1. The topological polar surface area (TPSA) is 60.4 Å². The maximum atomic E-state index is 15.6. The molecule has 1 amide bonds.